The smallest absolute Gasteiger partial charge is 0.305 e. The highest BCUT2D eigenvalue weighted by Crippen LogP contribution is 2.26. The van der Waals surface area contributed by atoms with E-state index in [2.05, 4.69) is 4.74 Å². The maximum absolute atomic E-state index is 11.0. The first-order chi connectivity index (χ1) is 6.81. The van der Waals surface area contributed by atoms with E-state index < -0.39 is 15.7 Å². The van der Waals surface area contributed by atoms with Gasteiger partial charge in [0.1, 0.15) is 6.61 Å². The lowest BCUT2D eigenvalue weighted by molar-refractivity contribution is -0.144. The average Bonchev–Trinajstić information content (AvgIpc) is 2.07. The summed E-state index contributed by atoms with van der Waals surface area (Å²) in [6, 6.07) is 0. The Morgan fingerprint density at radius 1 is 1.13 bits per heavy atom. The molecule has 0 atom stereocenters. The molecule has 0 aliphatic carbocycles. The van der Waals surface area contributed by atoms with Crippen molar-refractivity contribution in [3.05, 3.63) is 0 Å². The van der Waals surface area contributed by atoms with Crippen LogP contribution in [0.3, 0.4) is 0 Å². The Balaban J connectivity index is 3.46. The van der Waals surface area contributed by atoms with E-state index >= 15 is 0 Å². The van der Waals surface area contributed by atoms with Crippen molar-refractivity contribution in [3.8, 4) is 0 Å². The standard InChI is InChI=1S/C8H11Cl3O4/c9-8(10,11)5-15-7(14)4-2-1-3-6(12)13/h1-5H2,(H,12,13). The zero-order valence-electron chi connectivity index (χ0n) is 7.84. The number of unbranched alkanes of at least 4 members (excludes halogenated alkanes) is 1. The summed E-state index contributed by atoms with van der Waals surface area (Å²) in [6.45, 7) is -0.296. The number of hydrogen-bond donors (Lipinski definition) is 1. The van der Waals surface area contributed by atoms with Gasteiger partial charge >= 0.3 is 11.9 Å². The number of rotatable bonds is 6. The molecule has 15 heavy (non-hydrogen) atoms. The summed E-state index contributed by atoms with van der Waals surface area (Å²) in [7, 11) is 0. The van der Waals surface area contributed by atoms with Crippen molar-refractivity contribution in [1.82, 2.24) is 0 Å². The van der Waals surface area contributed by atoms with Gasteiger partial charge in [-0.2, -0.15) is 0 Å². The first-order valence-electron chi connectivity index (χ1n) is 4.25. The van der Waals surface area contributed by atoms with E-state index in [4.69, 9.17) is 39.9 Å². The van der Waals surface area contributed by atoms with Crippen molar-refractivity contribution in [2.24, 2.45) is 0 Å². The number of carbonyl (C=O) groups excluding carboxylic acids is 1. The van der Waals surface area contributed by atoms with Crippen LogP contribution in [-0.4, -0.2) is 27.4 Å². The van der Waals surface area contributed by atoms with Gasteiger partial charge in [-0.3, -0.25) is 9.59 Å². The van der Waals surface area contributed by atoms with Crippen LogP contribution in [0.4, 0.5) is 0 Å². The molecule has 0 fully saturated rings. The van der Waals surface area contributed by atoms with Crippen molar-refractivity contribution >= 4 is 46.7 Å². The molecular formula is C8H11Cl3O4. The molecule has 0 unspecified atom stereocenters. The Morgan fingerprint density at radius 2 is 1.67 bits per heavy atom. The van der Waals surface area contributed by atoms with Crippen molar-refractivity contribution in [2.45, 2.75) is 29.5 Å². The Bertz CT molecular complexity index is 224. The molecule has 0 aromatic heterocycles. The minimum absolute atomic E-state index is 0.0394. The number of ether oxygens (including phenoxy) is 1. The lowest BCUT2D eigenvalue weighted by atomic mass is 10.2. The SMILES string of the molecule is O=C(O)CCCCC(=O)OCC(Cl)(Cl)Cl. The van der Waals surface area contributed by atoms with Gasteiger partial charge in [-0.15, -0.1) is 0 Å². The summed E-state index contributed by atoms with van der Waals surface area (Å²) in [5.41, 5.74) is 0. The quantitative estimate of drug-likeness (QED) is 0.460. The van der Waals surface area contributed by atoms with Gasteiger partial charge in [0.25, 0.3) is 0 Å². The molecule has 4 nitrogen and oxygen atoms in total. The lowest BCUT2D eigenvalue weighted by Crippen LogP contribution is -2.17. The zero-order chi connectivity index (χ0) is 11.9. The van der Waals surface area contributed by atoms with E-state index in [0.29, 0.717) is 12.8 Å². The average molecular weight is 278 g/mol. The minimum atomic E-state index is -1.60. The van der Waals surface area contributed by atoms with Gasteiger partial charge in [-0.25, -0.2) is 0 Å². The summed E-state index contributed by atoms with van der Waals surface area (Å²) in [6.07, 6.45) is 1.05. The number of esters is 1. The first-order valence-corrected chi connectivity index (χ1v) is 5.39. The number of hydrogen-bond acceptors (Lipinski definition) is 3. The van der Waals surface area contributed by atoms with E-state index in [1.807, 2.05) is 0 Å². The molecule has 0 aliphatic rings. The van der Waals surface area contributed by atoms with Gasteiger partial charge < -0.3 is 9.84 Å². The van der Waals surface area contributed by atoms with Gasteiger partial charge in [0, 0.05) is 12.8 Å². The van der Waals surface area contributed by atoms with E-state index in [1.54, 1.807) is 0 Å². The monoisotopic (exact) mass is 276 g/mol. The molecule has 0 spiro atoms. The van der Waals surface area contributed by atoms with Gasteiger partial charge in [0.05, 0.1) is 0 Å². The Labute approximate surface area is 102 Å². The first kappa shape index (κ1) is 14.8. The van der Waals surface area contributed by atoms with Crippen LogP contribution < -0.4 is 0 Å². The zero-order valence-corrected chi connectivity index (χ0v) is 10.1. The minimum Gasteiger partial charge on any atom is -0.481 e. The van der Waals surface area contributed by atoms with Crippen LogP contribution in [0.1, 0.15) is 25.7 Å². The third-order valence-electron chi connectivity index (χ3n) is 1.42. The predicted octanol–water partition coefficient (Wildman–Crippen LogP) is 2.54. The molecule has 0 radical (unpaired) electrons. The van der Waals surface area contributed by atoms with Crippen LogP contribution in [0.15, 0.2) is 0 Å². The van der Waals surface area contributed by atoms with E-state index in [9.17, 15) is 9.59 Å². The molecule has 0 saturated carbocycles. The molecule has 0 bridgehead atoms. The molecule has 0 aromatic carbocycles. The second kappa shape index (κ2) is 7.14. The second-order valence-electron chi connectivity index (χ2n) is 2.88. The van der Waals surface area contributed by atoms with E-state index in [0.717, 1.165) is 0 Å². The lowest BCUT2D eigenvalue weighted by Gasteiger charge is -2.10. The molecule has 0 aromatic rings. The third-order valence-corrected chi connectivity index (χ3v) is 1.75. The fourth-order valence-corrected chi connectivity index (χ4v) is 0.944. The van der Waals surface area contributed by atoms with Crippen LogP contribution in [0.5, 0.6) is 0 Å². The molecule has 0 aliphatic heterocycles. The van der Waals surface area contributed by atoms with Crippen molar-refractivity contribution in [3.63, 3.8) is 0 Å². The molecule has 0 saturated heterocycles. The summed E-state index contributed by atoms with van der Waals surface area (Å²) in [5.74, 6) is -1.38. The molecular weight excluding hydrogens is 266 g/mol. The maximum atomic E-state index is 11.0. The molecule has 0 rings (SSSR count). The predicted molar refractivity (Wildman–Crippen MR) is 57.4 cm³/mol. The number of carboxylic acids is 1. The fourth-order valence-electron chi connectivity index (χ4n) is 0.780. The Hall–Kier alpha value is -0.190. The highest BCUT2D eigenvalue weighted by molar-refractivity contribution is 6.67. The summed E-state index contributed by atoms with van der Waals surface area (Å²) < 4.78 is 3.03. The van der Waals surface area contributed by atoms with Gasteiger partial charge in [-0.1, -0.05) is 34.8 Å². The Kier molecular flexibility index (Phi) is 7.05. The summed E-state index contributed by atoms with van der Waals surface area (Å²) >= 11 is 16.1. The number of alkyl halides is 3. The highest BCUT2D eigenvalue weighted by Gasteiger charge is 2.21. The van der Waals surface area contributed by atoms with Crippen LogP contribution in [0.25, 0.3) is 0 Å². The third kappa shape index (κ3) is 11.7. The van der Waals surface area contributed by atoms with Crippen LogP contribution in [0.2, 0.25) is 0 Å². The number of halogens is 3. The van der Waals surface area contributed by atoms with E-state index in [-0.39, 0.29) is 19.4 Å². The largest absolute Gasteiger partial charge is 0.481 e. The van der Waals surface area contributed by atoms with Crippen LogP contribution in [-0.2, 0) is 14.3 Å². The van der Waals surface area contributed by atoms with Crippen LogP contribution >= 0.6 is 34.8 Å². The van der Waals surface area contributed by atoms with E-state index in [1.165, 1.54) is 0 Å². The van der Waals surface area contributed by atoms with Crippen molar-refractivity contribution < 1.29 is 19.4 Å². The van der Waals surface area contributed by atoms with Gasteiger partial charge in [0.2, 0.25) is 3.79 Å². The topological polar surface area (TPSA) is 63.6 Å². The Morgan fingerprint density at radius 3 is 2.13 bits per heavy atom. The number of carbonyl (C=O) groups is 2. The number of carboxylic acid groups (broad SMARTS) is 1. The molecule has 7 heteroatoms. The van der Waals surface area contributed by atoms with Gasteiger partial charge in [0.15, 0.2) is 0 Å². The van der Waals surface area contributed by atoms with Crippen molar-refractivity contribution in [1.29, 1.82) is 0 Å². The fraction of sp³-hybridized carbons (Fsp3) is 0.750. The highest BCUT2D eigenvalue weighted by atomic mass is 35.6. The molecule has 88 valence electrons. The summed E-state index contributed by atoms with van der Waals surface area (Å²) in [5, 5.41) is 8.32. The normalized spacial score (nSPS) is 11.1. The summed E-state index contributed by atoms with van der Waals surface area (Å²) in [4.78, 5) is 21.1. The molecule has 0 heterocycles. The van der Waals surface area contributed by atoms with Gasteiger partial charge in [-0.05, 0) is 12.8 Å². The van der Waals surface area contributed by atoms with Crippen LogP contribution in [0, 0.1) is 0 Å². The molecule has 0 amide bonds. The number of aliphatic carboxylic acids is 1. The second-order valence-corrected chi connectivity index (χ2v) is 5.39. The van der Waals surface area contributed by atoms with Crippen molar-refractivity contribution in [2.75, 3.05) is 6.61 Å². The molecule has 1 N–H and O–H groups in total. The maximum Gasteiger partial charge on any atom is 0.305 e.